The minimum Gasteiger partial charge on any atom is -0.388 e. The maximum atomic E-state index is 13.5. The number of nitrogens with zero attached hydrogens (tertiary/aromatic N) is 5. The van der Waals surface area contributed by atoms with Crippen LogP contribution in [0.3, 0.4) is 0 Å². The number of aromatic nitrogens is 3. The van der Waals surface area contributed by atoms with Crippen LogP contribution in [0.15, 0.2) is 30.6 Å². The summed E-state index contributed by atoms with van der Waals surface area (Å²) in [4.78, 5) is 23.9. The van der Waals surface area contributed by atoms with Crippen LogP contribution in [0.5, 0.6) is 0 Å². The number of nitriles is 1. The smallest absolute Gasteiger partial charge is 0.255 e. The van der Waals surface area contributed by atoms with Crippen LogP contribution in [0.2, 0.25) is 5.02 Å². The second kappa shape index (κ2) is 9.97. The first-order valence-electron chi connectivity index (χ1n) is 10.5. The Morgan fingerprint density at radius 3 is 2.88 bits per heavy atom. The molecule has 1 atom stereocenters. The monoisotopic (exact) mass is 500 g/mol. The van der Waals surface area contributed by atoms with Crippen molar-refractivity contribution in [3.05, 3.63) is 52.4 Å². The van der Waals surface area contributed by atoms with E-state index < -0.39 is 5.91 Å². The minimum absolute atomic E-state index is 0.0375. The van der Waals surface area contributed by atoms with Crippen LogP contribution in [0.1, 0.15) is 28.5 Å². The topological polar surface area (TPSA) is 123 Å². The van der Waals surface area contributed by atoms with Crippen molar-refractivity contribution in [3.8, 4) is 6.07 Å². The number of nitrogens with one attached hydrogen (secondary N) is 3. The third-order valence-corrected chi connectivity index (χ3v) is 6.27. The van der Waals surface area contributed by atoms with Crippen LogP contribution in [-0.2, 0) is 0 Å². The highest BCUT2D eigenvalue weighted by molar-refractivity contribution is 7.92. The molecule has 0 aliphatic carbocycles. The van der Waals surface area contributed by atoms with E-state index in [4.69, 9.17) is 22.3 Å². The molecule has 0 bridgehead atoms. The quantitative estimate of drug-likeness (QED) is 0.404. The van der Waals surface area contributed by atoms with E-state index in [9.17, 15) is 8.68 Å². The second-order valence-corrected chi connectivity index (χ2v) is 9.07. The highest BCUT2D eigenvalue weighted by Crippen LogP contribution is 2.26. The minimum atomic E-state index is -0.414. The predicted molar refractivity (Wildman–Crippen MR) is 131 cm³/mol. The molecule has 0 radical (unpaired) electrons. The molecule has 0 unspecified atom stereocenters. The lowest BCUT2D eigenvalue weighted by Gasteiger charge is -2.37. The number of benzene rings is 1. The Labute approximate surface area is 205 Å². The lowest BCUT2D eigenvalue weighted by molar-refractivity contribution is 0.0890. The first kappa shape index (κ1) is 23.9. The SMILES string of the molecule is CNc1cc(Cl)ccc1C(=N)c1cnc2c(n1)c(C(=O)N[C@H](C)CN1CC(C#N)C1)cn2SF. The van der Waals surface area contributed by atoms with Gasteiger partial charge in [-0.05, 0) is 25.1 Å². The summed E-state index contributed by atoms with van der Waals surface area (Å²) in [6.45, 7) is 3.84. The van der Waals surface area contributed by atoms with Crippen molar-refractivity contribution in [3.63, 3.8) is 0 Å². The molecule has 3 aromatic rings. The third-order valence-electron chi connectivity index (χ3n) is 5.61. The van der Waals surface area contributed by atoms with Gasteiger partial charge in [0.25, 0.3) is 5.91 Å². The van der Waals surface area contributed by atoms with Gasteiger partial charge in [0, 0.05) is 55.2 Å². The van der Waals surface area contributed by atoms with Crippen molar-refractivity contribution < 1.29 is 8.68 Å². The molecule has 9 nitrogen and oxygen atoms in total. The Balaban J connectivity index is 1.60. The normalized spacial score (nSPS) is 14.9. The van der Waals surface area contributed by atoms with E-state index in [2.05, 4.69) is 31.6 Å². The highest BCUT2D eigenvalue weighted by atomic mass is 35.5. The largest absolute Gasteiger partial charge is 0.388 e. The fraction of sp³-hybridized carbons (Fsp3) is 0.318. The Hall–Kier alpha value is -3.20. The molecule has 3 N–H and O–H groups in total. The number of hydrogen-bond donors (Lipinski definition) is 3. The number of fused-ring (bicyclic) bond motifs is 1. The number of halogens is 2. The van der Waals surface area contributed by atoms with Gasteiger partial charge in [-0.3, -0.25) is 15.1 Å². The Kier molecular flexibility index (Phi) is 7.02. The van der Waals surface area contributed by atoms with Crippen molar-refractivity contribution >= 4 is 52.4 Å². The maximum absolute atomic E-state index is 13.5. The van der Waals surface area contributed by atoms with Gasteiger partial charge in [0.1, 0.15) is 11.2 Å². The molecule has 0 spiro atoms. The number of carbonyl (C=O) groups is 1. The van der Waals surface area contributed by atoms with E-state index in [0.29, 0.717) is 35.9 Å². The summed E-state index contributed by atoms with van der Waals surface area (Å²) >= 11 is 5.98. The van der Waals surface area contributed by atoms with E-state index >= 15 is 0 Å². The van der Waals surface area contributed by atoms with E-state index in [1.54, 1.807) is 25.2 Å². The highest BCUT2D eigenvalue weighted by Gasteiger charge is 2.28. The summed E-state index contributed by atoms with van der Waals surface area (Å²) in [5, 5.41) is 24.0. The molecule has 12 heteroatoms. The van der Waals surface area contributed by atoms with Crippen LogP contribution in [0, 0.1) is 22.7 Å². The van der Waals surface area contributed by atoms with E-state index in [-0.39, 0.29) is 52.4 Å². The zero-order chi connectivity index (χ0) is 24.4. The Morgan fingerprint density at radius 2 is 2.21 bits per heavy atom. The van der Waals surface area contributed by atoms with Gasteiger partial charge in [0.2, 0.25) is 0 Å². The number of amides is 1. The van der Waals surface area contributed by atoms with Crippen LogP contribution in [-0.4, -0.2) is 63.2 Å². The molecule has 34 heavy (non-hydrogen) atoms. The van der Waals surface area contributed by atoms with Crippen molar-refractivity contribution in [1.29, 1.82) is 10.7 Å². The number of likely N-dealkylation sites (tertiary alicyclic amines) is 1. The van der Waals surface area contributed by atoms with Crippen molar-refractivity contribution in [2.75, 3.05) is 32.0 Å². The van der Waals surface area contributed by atoms with Gasteiger partial charge in [-0.1, -0.05) is 11.6 Å². The fourth-order valence-corrected chi connectivity index (χ4v) is 4.43. The molecule has 1 fully saturated rings. The van der Waals surface area contributed by atoms with Crippen LogP contribution in [0.25, 0.3) is 11.2 Å². The van der Waals surface area contributed by atoms with Crippen molar-refractivity contribution in [2.24, 2.45) is 5.92 Å². The Bertz CT molecular complexity index is 1300. The second-order valence-electron chi connectivity index (χ2n) is 8.10. The van der Waals surface area contributed by atoms with Gasteiger partial charge in [-0.15, -0.1) is 3.89 Å². The molecule has 3 heterocycles. The summed E-state index contributed by atoms with van der Waals surface area (Å²) in [7, 11) is 1.72. The molecule has 2 aromatic heterocycles. The number of hydrogen-bond acceptors (Lipinski definition) is 8. The average molecular weight is 501 g/mol. The average Bonchev–Trinajstić information content (AvgIpc) is 3.18. The molecular formula is C22H22ClFN8OS. The standard InChI is InChI=1S/C22H22ClFN8OS/c1-12(8-31-9-13(6-25)10-31)29-22(33)16-11-32(34-24)21-20(16)30-18(7-28-21)19(26)15-4-3-14(23)5-17(15)27-2/h3-5,7,11-13,26-27H,8-10H2,1-2H3,(H,29,33)/t12-/m1/s1. The summed E-state index contributed by atoms with van der Waals surface area (Å²) < 4.78 is 14.7. The molecule has 1 saturated heterocycles. The molecule has 1 aromatic carbocycles. The molecule has 0 saturated carbocycles. The Morgan fingerprint density at radius 1 is 1.44 bits per heavy atom. The van der Waals surface area contributed by atoms with Crippen LogP contribution >= 0.6 is 23.9 Å². The van der Waals surface area contributed by atoms with Gasteiger partial charge in [-0.25, -0.2) is 13.9 Å². The summed E-state index contributed by atoms with van der Waals surface area (Å²) in [5.74, 6) is -0.376. The first-order valence-corrected chi connectivity index (χ1v) is 11.6. The van der Waals surface area contributed by atoms with Gasteiger partial charge >= 0.3 is 0 Å². The van der Waals surface area contributed by atoms with Crippen LogP contribution in [0.4, 0.5) is 9.57 Å². The van der Waals surface area contributed by atoms with E-state index in [1.165, 1.54) is 12.4 Å². The predicted octanol–water partition coefficient (Wildman–Crippen LogP) is 3.50. The van der Waals surface area contributed by atoms with E-state index in [0.717, 1.165) is 3.97 Å². The first-order chi connectivity index (χ1) is 16.3. The molecule has 1 aliphatic heterocycles. The summed E-state index contributed by atoms with van der Waals surface area (Å²) in [5.41, 5.74) is 2.07. The molecule has 1 amide bonds. The van der Waals surface area contributed by atoms with E-state index in [1.807, 2.05) is 6.92 Å². The number of rotatable bonds is 8. The van der Waals surface area contributed by atoms with Crippen LogP contribution < -0.4 is 10.6 Å². The van der Waals surface area contributed by atoms with Gasteiger partial charge in [0.05, 0.1) is 29.5 Å². The van der Waals surface area contributed by atoms with Gasteiger partial charge < -0.3 is 10.6 Å². The summed E-state index contributed by atoms with van der Waals surface area (Å²) in [6.07, 6.45) is 2.73. The molecular weight excluding hydrogens is 479 g/mol. The van der Waals surface area contributed by atoms with Gasteiger partial charge in [0.15, 0.2) is 18.0 Å². The summed E-state index contributed by atoms with van der Waals surface area (Å²) in [6, 6.07) is 7.11. The molecule has 1 aliphatic rings. The molecule has 4 rings (SSSR count). The third kappa shape index (κ3) is 4.70. The number of anilines is 1. The maximum Gasteiger partial charge on any atom is 0.255 e. The number of carbonyl (C=O) groups excluding carboxylic acids is 1. The lowest BCUT2D eigenvalue weighted by atomic mass is 10.0. The lowest BCUT2D eigenvalue weighted by Crippen LogP contribution is -2.51. The van der Waals surface area contributed by atoms with Crippen molar-refractivity contribution in [1.82, 2.24) is 24.2 Å². The zero-order valence-electron chi connectivity index (χ0n) is 18.5. The van der Waals surface area contributed by atoms with Gasteiger partial charge in [-0.2, -0.15) is 5.26 Å². The van der Waals surface area contributed by atoms with Crippen molar-refractivity contribution in [2.45, 2.75) is 13.0 Å². The fourth-order valence-electron chi connectivity index (χ4n) is 3.92. The molecule has 176 valence electrons. The zero-order valence-corrected chi connectivity index (χ0v) is 20.0.